The molecule has 0 radical (unpaired) electrons. The largest absolute Gasteiger partial charge is 0.493 e. The number of hydrogen-bond donors (Lipinski definition) is 2. The van der Waals surface area contributed by atoms with Gasteiger partial charge in [0.05, 0.1) is 19.1 Å². The number of benzene rings is 2. The van der Waals surface area contributed by atoms with Crippen LogP contribution in [-0.4, -0.2) is 30.2 Å². The molecule has 0 aliphatic carbocycles. The molecule has 0 heterocycles. The maximum absolute atomic E-state index is 12.0. The van der Waals surface area contributed by atoms with Crippen LogP contribution in [0.2, 0.25) is 0 Å². The van der Waals surface area contributed by atoms with E-state index in [0.29, 0.717) is 17.2 Å². The monoisotopic (exact) mass is 387 g/mol. The molecule has 27 heavy (non-hydrogen) atoms. The summed E-state index contributed by atoms with van der Waals surface area (Å²) in [5.74, 6) is 0.678. The van der Waals surface area contributed by atoms with Gasteiger partial charge in [-0.05, 0) is 42.1 Å². The summed E-state index contributed by atoms with van der Waals surface area (Å²) in [5.41, 5.74) is 1.06. The first-order valence-corrected chi connectivity index (χ1v) is 8.10. The van der Waals surface area contributed by atoms with E-state index in [-0.39, 0.29) is 10.8 Å². The maximum atomic E-state index is 12.0. The molecule has 0 aliphatic heterocycles. The summed E-state index contributed by atoms with van der Waals surface area (Å²) in [6.07, 6.45) is 2.90. The maximum Gasteiger partial charge on any atom is 0.271 e. The number of nitro benzene ring substituents is 1. The summed E-state index contributed by atoms with van der Waals surface area (Å²) in [6, 6.07) is 11.0. The average molecular weight is 387 g/mol. The van der Waals surface area contributed by atoms with Crippen molar-refractivity contribution in [3.8, 4) is 11.5 Å². The van der Waals surface area contributed by atoms with Gasteiger partial charge >= 0.3 is 0 Å². The molecule has 0 aliphatic rings. The Morgan fingerprint density at radius 3 is 2.56 bits per heavy atom. The Morgan fingerprint density at radius 1 is 1.15 bits per heavy atom. The smallest absolute Gasteiger partial charge is 0.271 e. The molecule has 0 saturated carbocycles. The van der Waals surface area contributed by atoms with Gasteiger partial charge in [-0.3, -0.25) is 20.2 Å². The van der Waals surface area contributed by atoms with Gasteiger partial charge in [0, 0.05) is 23.9 Å². The van der Waals surface area contributed by atoms with Gasteiger partial charge in [-0.2, -0.15) is 0 Å². The van der Waals surface area contributed by atoms with Gasteiger partial charge in [0.15, 0.2) is 16.6 Å². The summed E-state index contributed by atoms with van der Waals surface area (Å²) < 4.78 is 10.4. The Morgan fingerprint density at radius 2 is 1.89 bits per heavy atom. The highest BCUT2D eigenvalue weighted by Gasteiger charge is 2.08. The number of methoxy groups -OCH3 is 2. The SMILES string of the molecule is COc1ccc(/C=C/C(=O)NC(=S)Nc2cccc([N+](=O)[O-])c2)cc1OC. The number of rotatable bonds is 6. The van der Waals surface area contributed by atoms with E-state index in [1.54, 1.807) is 30.3 Å². The van der Waals surface area contributed by atoms with Gasteiger partial charge in [-0.25, -0.2) is 0 Å². The lowest BCUT2D eigenvalue weighted by Gasteiger charge is -2.08. The highest BCUT2D eigenvalue weighted by molar-refractivity contribution is 7.80. The van der Waals surface area contributed by atoms with E-state index in [2.05, 4.69) is 10.6 Å². The van der Waals surface area contributed by atoms with Crippen LogP contribution in [0.25, 0.3) is 6.08 Å². The molecular formula is C18H17N3O5S. The number of carbonyl (C=O) groups excluding carboxylic acids is 1. The second-order valence-electron chi connectivity index (χ2n) is 5.20. The van der Waals surface area contributed by atoms with Crippen molar-refractivity contribution >= 4 is 40.7 Å². The summed E-state index contributed by atoms with van der Waals surface area (Å²) in [5, 5.41) is 16.0. The molecule has 8 nitrogen and oxygen atoms in total. The van der Waals surface area contributed by atoms with Crippen LogP contribution in [0.15, 0.2) is 48.5 Å². The molecule has 2 N–H and O–H groups in total. The lowest BCUT2D eigenvalue weighted by molar-refractivity contribution is -0.384. The van der Waals surface area contributed by atoms with Crippen LogP contribution < -0.4 is 20.1 Å². The number of thiocarbonyl (C=S) groups is 1. The van der Waals surface area contributed by atoms with Crippen molar-refractivity contribution in [2.45, 2.75) is 0 Å². The first-order valence-electron chi connectivity index (χ1n) is 7.69. The van der Waals surface area contributed by atoms with Crippen LogP contribution in [-0.2, 0) is 4.79 Å². The average Bonchev–Trinajstić information content (AvgIpc) is 2.66. The minimum atomic E-state index is -0.515. The van der Waals surface area contributed by atoms with Crippen LogP contribution in [0, 0.1) is 10.1 Å². The number of amides is 1. The summed E-state index contributed by atoms with van der Waals surface area (Å²) in [6.45, 7) is 0. The molecule has 9 heteroatoms. The van der Waals surface area contributed by atoms with Crippen LogP contribution in [0.3, 0.4) is 0 Å². The number of non-ortho nitro benzene ring substituents is 1. The number of carbonyl (C=O) groups is 1. The Kier molecular flexibility index (Phi) is 6.84. The van der Waals surface area contributed by atoms with E-state index in [1.165, 1.54) is 38.5 Å². The number of nitrogens with zero attached hydrogens (tertiary/aromatic N) is 1. The molecular weight excluding hydrogens is 370 g/mol. The van der Waals surface area contributed by atoms with Crippen molar-refractivity contribution in [3.63, 3.8) is 0 Å². The summed E-state index contributed by atoms with van der Waals surface area (Å²) in [7, 11) is 3.06. The number of hydrogen-bond acceptors (Lipinski definition) is 6. The number of nitrogens with one attached hydrogen (secondary N) is 2. The molecule has 140 valence electrons. The van der Waals surface area contributed by atoms with E-state index >= 15 is 0 Å². The second-order valence-corrected chi connectivity index (χ2v) is 5.61. The molecule has 0 aromatic heterocycles. The van der Waals surface area contributed by atoms with E-state index in [4.69, 9.17) is 21.7 Å². The molecule has 2 aromatic carbocycles. The second kappa shape index (κ2) is 9.30. The van der Waals surface area contributed by atoms with Gasteiger partial charge in [-0.1, -0.05) is 12.1 Å². The standard InChI is InChI=1S/C18H17N3O5S/c1-25-15-8-6-12(10-16(15)26-2)7-9-17(22)20-18(27)19-13-4-3-5-14(11-13)21(23)24/h3-11H,1-2H3,(H2,19,20,22,27)/b9-7+. The molecule has 0 saturated heterocycles. The van der Waals surface area contributed by atoms with E-state index in [1.807, 2.05) is 0 Å². The number of anilines is 1. The van der Waals surface area contributed by atoms with Crippen molar-refractivity contribution in [2.75, 3.05) is 19.5 Å². The third-order valence-electron chi connectivity index (χ3n) is 3.39. The van der Waals surface area contributed by atoms with E-state index < -0.39 is 10.8 Å². The fraction of sp³-hybridized carbons (Fsp3) is 0.111. The van der Waals surface area contributed by atoms with Crippen molar-refractivity contribution in [1.29, 1.82) is 0 Å². The zero-order valence-corrected chi connectivity index (χ0v) is 15.4. The minimum absolute atomic E-state index is 0.0254. The molecule has 2 rings (SSSR count). The zero-order chi connectivity index (χ0) is 19.8. The topological polar surface area (TPSA) is 103 Å². The fourth-order valence-corrected chi connectivity index (χ4v) is 2.36. The van der Waals surface area contributed by atoms with Crippen LogP contribution in [0.4, 0.5) is 11.4 Å². The molecule has 0 bridgehead atoms. The van der Waals surface area contributed by atoms with E-state index in [0.717, 1.165) is 5.56 Å². The number of nitro groups is 1. The quantitative estimate of drug-likeness (QED) is 0.340. The number of ether oxygens (including phenoxy) is 2. The van der Waals surface area contributed by atoms with Crippen LogP contribution in [0.5, 0.6) is 11.5 Å². The first kappa shape index (κ1) is 19.9. The zero-order valence-electron chi connectivity index (χ0n) is 14.6. The normalized spacial score (nSPS) is 10.3. The predicted molar refractivity (Wildman–Crippen MR) is 106 cm³/mol. The molecule has 0 unspecified atom stereocenters. The lowest BCUT2D eigenvalue weighted by Crippen LogP contribution is -2.32. The third-order valence-corrected chi connectivity index (χ3v) is 3.59. The third kappa shape index (κ3) is 5.79. The molecule has 0 atom stereocenters. The first-order chi connectivity index (χ1) is 12.9. The van der Waals surface area contributed by atoms with Crippen molar-refractivity contribution in [3.05, 3.63) is 64.2 Å². The summed E-state index contributed by atoms with van der Waals surface area (Å²) in [4.78, 5) is 22.2. The fourth-order valence-electron chi connectivity index (χ4n) is 2.14. The van der Waals surface area contributed by atoms with Crippen molar-refractivity contribution in [2.24, 2.45) is 0 Å². The van der Waals surface area contributed by atoms with Crippen LogP contribution in [0.1, 0.15) is 5.56 Å². The molecule has 1 amide bonds. The lowest BCUT2D eigenvalue weighted by atomic mass is 10.2. The predicted octanol–water partition coefficient (Wildman–Crippen LogP) is 3.14. The molecule has 2 aromatic rings. The Bertz CT molecular complexity index is 898. The minimum Gasteiger partial charge on any atom is -0.493 e. The highest BCUT2D eigenvalue weighted by atomic mass is 32.1. The highest BCUT2D eigenvalue weighted by Crippen LogP contribution is 2.27. The Balaban J connectivity index is 1.97. The molecule has 0 spiro atoms. The van der Waals surface area contributed by atoms with Gasteiger partial charge in [0.2, 0.25) is 5.91 Å². The van der Waals surface area contributed by atoms with Crippen molar-refractivity contribution < 1.29 is 19.2 Å². The van der Waals surface area contributed by atoms with Gasteiger partial charge < -0.3 is 14.8 Å². The van der Waals surface area contributed by atoms with Gasteiger partial charge in [-0.15, -0.1) is 0 Å². The van der Waals surface area contributed by atoms with Gasteiger partial charge in [0.25, 0.3) is 5.69 Å². The summed E-state index contributed by atoms with van der Waals surface area (Å²) >= 11 is 5.04. The van der Waals surface area contributed by atoms with E-state index in [9.17, 15) is 14.9 Å². The van der Waals surface area contributed by atoms with Crippen molar-refractivity contribution in [1.82, 2.24) is 5.32 Å². The van der Waals surface area contributed by atoms with Gasteiger partial charge in [0.1, 0.15) is 0 Å². The molecule has 0 fully saturated rings. The Hall–Kier alpha value is -3.46. The Labute approximate surface area is 160 Å². The van der Waals surface area contributed by atoms with Crippen LogP contribution >= 0.6 is 12.2 Å².